The Kier molecular flexibility index (Phi) is 4.95. The van der Waals surface area contributed by atoms with Crippen LogP contribution >= 0.6 is 34.8 Å². The lowest BCUT2D eigenvalue weighted by atomic mass is 10.1. The van der Waals surface area contributed by atoms with E-state index in [0.29, 0.717) is 29.1 Å². The number of hydrogen-bond donors (Lipinski definition) is 0. The summed E-state index contributed by atoms with van der Waals surface area (Å²) in [5.74, 6) is -0.442. The van der Waals surface area contributed by atoms with Crippen LogP contribution in [0.4, 0.5) is 0 Å². The van der Waals surface area contributed by atoms with Gasteiger partial charge >= 0.3 is 0 Å². The molecule has 22 heavy (non-hydrogen) atoms. The van der Waals surface area contributed by atoms with Crippen molar-refractivity contribution in [2.24, 2.45) is 0 Å². The van der Waals surface area contributed by atoms with Gasteiger partial charge in [0.25, 0.3) is 0 Å². The first kappa shape index (κ1) is 16.1. The first-order valence-corrected chi connectivity index (χ1v) is 8.21. The smallest absolute Gasteiger partial charge is 0.215 e. The van der Waals surface area contributed by atoms with Gasteiger partial charge in [0, 0.05) is 28.9 Å². The van der Waals surface area contributed by atoms with E-state index in [4.69, 9.17) is 44.3 Å². The van der Waals surface area contributed by atoms with E-state index in [2.05, 4.69) is 4.98 Å². The van der Waals surface area contributed by atoms with Gasteiger partial charge in [0.05, 0.1) is 30.6 Å². The van der Waals surface area contributed by atoms with Gasteiger partial charge in [0.15, 0.2) is 0 Å². The molecule has 2 heterocycles. The fourth-order valence-electron chi connectivity index (χ4n) is 2.56. The molecular weight excluding hydrogens is 347 g/mol. The number of benzene rings is 1. The van der Waals surface area contributed by atoms with Gasteiger partial charge in [-0.25, -0.2) is 4.98 Å². The Morgan fingerprint density at radius 1 is 1.36 bits per heavy atom. The van der Waals surface area contributed by atoms with Gasteiger partial charge in [-0.1, -0.05) is 29.3 Å². The zero-order valence-electron chi connectivity index (χ0n) is 11.7. The normalized spacial score (nSPS) is 24.8. The van der Waals surface area contributed by atoms with Crippen molar-refractivity contribution in [3.8, 4) is 0 Å². The highest BCUT2D eigenvalue weighted by Gasteiger charge is 2.44. The Morgan fingerprint density at radius 3 is 2.91 bits per heavy atom. The minimum Gasteiger partial charge on any atom is -0.342 e. The molecule has 0 bridgehead atoms. The van der Waals surface area contributed by atoms with Crippen molar-refractivity contribution in [1.29, 1.82) is 0 Å². The molecule has 1 aromatic carbocycles. The van der Waals surface area contributed by atoms with Crippen LogP contribution in [-0.4, -0.2) is 28.1 Å². The molecule has 7 heteroatoms. The Bertz CT molecular complexity index is 636. The summed E-state index contributed by atoms with van der Waals surface area (Å²) in [5.41, 5.74) is 0.754. The van der Waals surface area contributed by atoms with Crippen molar-refractivity contribution in [2.45, 2.75) is 24.9 Å². The number of alkyl halides is 1. The maximum absolute atomic E-state index is 6.37. The number of imidazole rings is 1. The summed E-state index contributed by atoms with van der Waals surface area (Å²) in [7, 11) is 0. The quantitative estimate of drug-likeness (QED) is 0.753. The summed E-state index contributed by atoms with van der Waals surface area (Å²) in [6.07, 6.45) is 5.94. The van der Waals surface area contributed by atoms with Crippen LogP contribution in [0, 0.1) is 0 Å². The Balaban J connectivity index is 1.96. The summed E-state index contributed by atoms with van der Waals surface area (Å²) in [6.45, 7) is 0.924. The summed E-state index contributed by atoms with van der Waals surface area (Å²) >= 11 is 18.2. The van der Waals surface area contributed by atoms with Gasteiger partial charge in [0.1, 0.15) is 0 Å². The molecule has 3 rings (SSSR count). The van der Waals surface area contributed by atoms with Gasteiger partial charge in [0.2, 0.25) is 5.79 Å². The Hall–Kier alpha value is -0.780. The molecule has 0 N–H and O–H groups in total. The molecule has 1 aromatic heterocycles. The lowest BCUT2D eigenvalue weighted by Gasteiger charge is -2.30. The maximum Gasteiger partial charge on any atom is 0.215 e. The number of halogens is 3. The molecule has 2 atom stereocenters. The largest absolute Gasteiger partial charge is 0.342 e. The summed E-state index contributed by atoms with van der Waals surface area (Å²) in [4.78, 5) is 4.06. The molecule has 2 unspecified atom stereocenters. The zero-order valence-corrected chi connectivity index (χ0v) is 14.0. The summed E-state index contributed by atoms with van der Waals surface area (Å²) < 4.78 is 14.1. The van der Waals surface area contributed by atoms with Crippen molar-refractivity contribution in [3.63, 3.8) is 0 Å². The predicted molar refractivity (Wildman–Crippen MR) is 86.5 cm³/mol. The first-order chi connectivity index (χ1) is 10.6. The maximum atomic E-state index is 6.37. The Morgan fingerprint density at radius 2 is 2.23 bits per heavy atom. The monoisotopic (exact) mass is 360 g/mol. The second kappa shape index (κ2) is 6.77. The fourth-order valence-corrected chi connectivity index (χ4v) is 3.35. The molecule has 0 amide bonds. The minimum atomic E-state index is -0.959. The SMILES string of the molecule is ClCCC1COC(Cn2ccnc2)(c2ccc(Cl)cc2Cl)O1. The van der Waals surface area contributed by atoms with E-state index >= 15 is 0 Å². The molecule has 0 aliphatic carbocycles. The van der Waals surface area contributed by atoms with E-state index in [0.717, 1.165) is 12.0 Å². The highest BCUT2D eigenvalue weighted by atomic mass is 35.5. The third kappa shape index (κ3) is 3.26. The van der Waals surface area contributed by atoms with E-state index in [-0.39, 0.29) is 6.10 Å². The average Bonchev–Trinajstić information content (AvgIpc) is 3.10. The van der Waals surface area contributed by atoms with Crippen molar-refractivity contribution in [2.75, 3.05) is 12.5 Å². The molecule has 1 aliphatic rings. The minimum absolute atomic E-state index is 0.0623. The van der Waals surface area contributed by atoms with Gasteiger partial charge < -0.3 is 14.0 Å². The standard InChI is InChI=1S/C15H15Cl3N2O2/c16-4-3-12-8-21-15(22-12,9-20-6-5-19-10-20)13-2-1-11(17)7-14(13)18/h1-2,5-7,10,12H,3-4,8-9H2. The third-order valence-corrected chi connectivity index (χ3v) is 4.35. The van der Waals surface area contributed by atoms with Crippen LogP contribution in [0.25, 0.3) is 0 Å². The molecule has 0 saturated carbocycles. The number of rotatable bonds is 5. The van der Waals surface area contributed by atoms with Gasteiger partial charge in [-0.2, -0.15) is 0 Å². The first-order valence-electron chi connectivity index (χ1n) is 6.92. The third-order valence-electron chi connectivity index (χ3n) is 3.58. The van der Waals surface area contributed by atoms with Gasteiger partial charge in [-0.05, 0) is 18.6 Å². The van der Waals surface area contributed by atoms with Crippen LogP contribution in [0.15, 0.2) is 36.9 Å². The van der Waals surface area contributed by atoms with Crippen molar-refractivity contribution in [1.82, 2.24) is 9.55 Å². The molecule has 1 saturated heterocycles. The van der Waals surface area contributed by atoms with Crippen LogP contribution in [-0.2, 0) is 21.8 Å². The van der Waals surface area contributed by atoms with E-state index < -0.39 is 5.79 Å². The predicted octanol–water partition coefficient (Wildman–Crippen LogP) is 4.09. The molecule has 1 fully saturated rings. The average molecular weight is 362 g/mol. The molecule has 2 aromatic rings. The number of ether oxygens (including phenoxy) is 2. The zero-order chi connectivity index (χ0) is 15.6. The summed E-state index contributed by atoms with van der Waals surface area (Å²) in [5, 5.41) is 1.08. The second-order valence-corrected chi connectivity index (χ2v) is 6.36. The van der Waals surface area contributed by atoms with Crippen molar-refractivity contribution >= 4 is 34.8 Å². The Labute approximate surface area is 143 Å². The highest BCUT2D eigenvalue weighted by molar-refractivity contribution is 6.35. The molecule has 118 valence electrons. The van der Waals surface area contributed by atoms with E-state index in [9.17, 15) is 0 Å². The number of aromatic nitrogens is 2. The van der Waals surface area contributed by atoms with Crippen molar-refractivity contribution < 1.29 is 9.47 Å². The molecule has 0 spiro atoms. The van der Waals surface area contributed by atoms with Gasteiger partial charge in [-0.15, -0.1) is 11.6 Å². The summed E-state index contributed by atoms with van der Waals surface area (Å²) in [6, 6.07) is 5.31. The van der Waals surface area contributed by atoms with Crippen LogP contribution in [0.5, 0.6) is 0 Å². The second-order valence-electron chi connectivity index (χ2n) is 5.14. The van der Waals surface area contributed by atoms with Gasteiger partial charge in [-0.3, -0.25) is 0 Å². The lowest BCUT2D eigenvalue weighted by molar-refractivity contribution is -0.187. The van der Waals surface area contributed by atoms with E-state index in [1.165, 1.54) is 0 Å². The number of hydrogen-bond acceptors (Lipinski definition) is 3. The van der Waals surface area contributed by atoms with Crippen LogP contribution in [0.3, 0.4) is 0 Å². The van der Waals surface area contributed by atoms with Crippen LogP contribution < -0.4 is 0 Å². The highest BCUT2D eigenvalue weighted by Crippen LogP contribution is 2.41. The molecule has 0 radical (unpaired) electrons. The number of nitrogens with zero attached hydrogens (tertiary/aromatic N) is 2. The van der Waals surface area contributed by atoms with E-state index in [1.807, 2.05) is 16.8 Å². The lowest BCUT2D eigenvalue weighted by Crippen LogP contribution is -2.33. The van der Waals surface area contributed by atoms with Crippen LogP contribution in [0.1, 0.15) is 12.0 Å². The van der Waals surface area contributed by atoms with Crippen LogP contribution in [0.2, 0.25) is 10.0 Å². The molecular formula is C15H15Cl3N2O2. The van der Waals surface area contributed by atoms with Crippen molar-refractivity contribution in [3.05, 3.63) is 52.5 Å². The topological polar surface area (TPSA) is 36.3 Å². The molecule has 4 nitrogen and oxygen atoms in total. The van der Waals surface area contributed by atoms with E-state index in [1.54, 1.807) is 24.7 Å². The molecule has 1 aliphatic heterocycles. The fraction of sp³-hybridized carbons (Fsp3) is 0.400.